The van der Waals surface area contributed by atoms with E-state index in [4.69, 9.17) is 10.3 Å². The molecule has 3 N–H and O–H groups in total. The van der Waals surface area contributed by atoms with Crippen LogP contribution in [0, 0.1) is 6.92 Å². The number of rotatable bonds is 4. The lowest BCUT2D eigenvalue weighted by Gasteiger charge is -2.14. The number of furan rings is 1. The van der Waals surface area contributed by atoms with Gasteiger partial charge in [-0.05, 0) is 32.0 Å². The fraction of sp³-hybridized carbons (Fsp3) is 0.364. The average Bonchev–Trinajstić information content (AvgIpc) is 2.89. The highest BCUT2D eigenvalue weighted by Gasteiger charge is 2.19. The quantitative estimate of drug-likeness (QED) is 0.603. The Morgan fingerprint density at radius 1 is 1.50 bits per heavy atom. The summed E-state index contributed by atoms with van der Waals surface area (Å²) < 4.78 is 7.47. The van der Waals surface area contributed by atoms with E-state index in [-0.39, 0.29) is 6.04 Å². The minimum atomic E-state index is -0.156. The Kier molecular flexibility index (Phi) is 3.07. The Labute approximate surface area is 94.2 Å². The SMILES string of the molecule is CCn1nccc1C(NN)c1ccc(C)o1. The molecule has 0 radical (unpaired) electrons. The van der Waals surface area contributed by atoms with E-state index in [0.717, 1.165) is 23.8 Å². The zero-order valence-corrected chi connectivity index (χ0v) is 9.47. The van der Waals surface area contributed by atoms with Gasteiger partial charge in [0.05, 0.1) is 5.69 Å². The van der Waals surface area contributed by atoms with Crippen molar-refractivity contribution in [1.82, 2.24) is 15.2 Å². The molecule has 0 spiro atoms. The average molecular weight is 220 g/mol. The van der Waals surface area contributed by atoms with Crippen molar-refractivity contribution in [2.75, 3.05) is 0 Å². The molecule has 0 amide bonds. The smallest absolute Gasteiger partial charge is 0.128 e. The molecule has 1 atom stereocenters. The van der Waals surface area contributed by atoms with Crippen molar-refractivity contribution in [2.45, 2.75) is 26.4 Å². The Morgan fingerprint density at radius 2 is 2.31 bits per heavy atom. The van der Waals surface area contributed by atoms with E-state index in [9.17, 15) is 0 Å². The number of hydrogen-bond acceptors (Lipinski definition) is 4. The van der Waals surface area contributed by atoms with Crippen molar-refractivity contribution in [3.05, 3.63) is 41.6 Å². The summed E-state index contributed by atoms with van der Waals surface area (Å²) >= 11 is 0. The van der Waals surface area contributed by atoms with E-state index in [1.165, 1.54) is 0 Å². The molecule has 0 fully saturated rings. The second-order valence-corrected chi connectivity index (χ2v) is 3.62. The van der Waals surface area contributed by atoms with Crippen molar-refractivity contribution in [2.24, 2.45) is 5.84 Å². The van der Waals surface area contributed by atoms with Gasteiger partial charge in [-0.1, -0.05) is 0 Å². The van der Waals surface area contributed by atoms with Crippen LogP contribution >= 0.6 is 0 Å². The fourth-order valence-corrected chi connectivity index (χ4v) is 1.77. The third-order valence-electron chi connectivity index (χ3n) is 2.56. The van der Waals surface area contributed by atoms with E-state index < -0.39 is 0 Å². The predicted molar refractivity (Wildman–Crippen MR) is 60.5 cm³/mol. The number of nitrogens with one attached hydrogen (secondary N) is 1. The minimum absolute atomic E-state index is 0.156. The molecule has 2 heterocycles. The van der Waals surface area contributed by atoms with Crippen LogP contribution in [0.1, 0.15) is 30.2 Å². The molecule has 0 aliphatic rings. The summed E-state index contributed by atoms with van der Waals surface area (Å²) in [4.78, 5) is 0. The second-order valence-electron chi connectivity index (χ2n) is 3.62. The third kappa shape index (κ3) is 1.87. The van der Waals surface area contributed by atoms with Crippen LogP contribution in [0.25, 0.3) is 0 Å². The highest BCUT2D eigenvalue weighted by atomic mass is 16.3. The molecule has 0 aromatic carbocycles. The van der Waals surface area contributed by atoms with Gasteiger partial charge in [0.15, 0.2) is 0 Å². The summed E-state index contributed by atoms with van der Waals surface area (Å²) in [7, 11) is 0. The number of nitrogens with two attached hydrogens (primary N) is 1. The van der Waals surface area contributed by atoms with Crippen LogP contribution in [-0.4, -0.2) is 9.78 Å². The summed E-state index contributed by atoms with van der Waals surface area (Å²) in [5, 5.41) is 4.22. The maximum absolute atomic E-state index is 5.58. The lowest BCUT2D eigenvalue weighted by Crippen LogP contribution is -2.30. The number of nitrogens with zero attached hydrogens (tertiary/aromatic N) is 2. The molecule has 86 valence electrons. The highest BCUT2D eigenvalue weighted by molar-refractivity contribution is 5.21. The molecule has 2 aromatic rings. The van der Waals surface area contributed by atoms with Gasteiger partial charge in [-0.3, -0.25) is 10.5 Å². The topological polar surface area (TPSA) is 69.0 Å². The van der Waals surface area contributed by atoms with Gasteiger partial charge in [0, 0.05) is 12.7 Å². The molecule has 5 nitrogen and oxygen atoms in total. The monoisotopic (exact) mass is 220 g/mol. The molecule has 16 heavy (non-hydrogen) atoms. The first-order chi connectivity index (χ1) is 7.76. The first kappa shape index (κ1) is 10.9. The number of aromatic nitrogens is 2. The Hall–Kier alpha value is -1.59. The Morgan fingerprint density at radius 3 is 2.88 bits per heavy atom. The zero-order valence-electron chi connectivity index (χ0n) is 9.47. The minimum Gasteiger partial charge on any atom is -0.464 e. The van der Waals surface area contributed by atoms with Crippen molar-refractivity contribution in [1.29, 1.82) is 0 Å². The van der Waals surface area contributed by atoms with Crippen LogP contribution < -0.4 is 11.3 Å². The Bertz CT molecular complexity index is 460. The lowest BCUT2D eigenvalue weighted by atomic mass is 10.1. The van der Waals surface area contributed by atoms with E-state index in [0.29, 0.717) is 0 Å². The van der Waals surface area contributed by atoms with Crippen LogP contribution in [0.15, 0.2) is 28.8 Å². The van der Waals surface area contributed by atoms with Crippen LogP contribution in [0.2, 0.25) is 0 Å². The standard InChI is InChI=1S/C11H16N4O/c1-3-15-9(6-7-13-15)11(14-12)10-5-4-8(2)16-10/h4-7,11,14H,3,12H2,1-2H3. The van der Waals surface area contributed by atoms with Gasteiger partial charge in [0.2, 0.25) is 0 Å². The van der Waals surface area contributed by atoms with Gasteiger partial charge in [0.1, 0.15) is 17.6 Å². The molecule has 0 saturated heterocycles. The molecule has 1 unspecified atom stereocenters. The molecule has 5 heteroatoms. The Balaban J connectivity index is 2.36. The fourth-order valence-electron chi connectivity index (χ4n) is 1.77. The summed E-state index contributed by atoms with van der Waals surface area (Å²) in [5.41, 5.74) is 3.75. The van der Waals surface area contributed by atoms with Crippen molar-refractivity contribution in [3.8, 4) is 0 Å². The van der Waals surface area contributed by atoms with Gasteiger partial charge < -0.3 is 4.42 Å². The van der Waals surface area contributed by atoms with E-state index in [2.05, 4.69) is 10.5 Å². The van der Waals surface area contributed by atoms with Crippen LogP contribution in [0.5, 0.6) is 0 Å². The first-order valence-corrected chi connectivity index (χ1v) is 5.30. The molecule has 0 saturated carbocycles. The van der Waals surface area contributed by atoms with Gasteiger partial charge in [-0.15, -0.1) is 0 Å². The van der Waals surface area contributed by atoms with E-state index in [1.54, 1.807) is 6.20 Å². The summed E-state index contributed by atoms with van der Waals surface area (Å²) in [5.74, 6) is 7.25. The van der Waals surface area contributed by atoms with Gasteiger partial charge in [-0.25, -0.2) is 5.43 Å². The second kappa shape index (κ2) is 4.51. The number of hydrogen-bond donors (Lipinski definition) is 2. The molecule has 2 rings (SSSR count). The van der Waals surface area contributed by atoms with Crippen molar-refractivity contribution >= 4 is 0 Å². The molecule has 0 aliphatic carbocycles. The maximum Gasteiger partial charge on any atom is 0.128 e. The predicted octanol–water partition coefficient (Wildman–Crippen LogP) is 1.36. The van der Waals surface area contributed by atoms with Crippen molar-refractivity contribution in [3.63, 3.8) is 0 Å². The van der Waals surface area contributed by atoms with Gasteiger partial charge >= 0.3 is 0 Å². The number of hydrazine groups is 1. The molecule has 0 aliphatic heterocycles. The summed E-state index contributed by atoms with van der Waals surface area (Å²) in [6.45, 7) is 4.76. The lowest BCUT2D eigenvalue weighted by molar-refractivity contribution is 0.418. The van der Waals surface area contributed by atoms with Gasteiger partial charge in [0.25, 0.3) is 0 Å². The van der Waals surface area contributed by atoms with Crippen LogP contribution in [-0.2, 0) is 6.54 Å². The first-order valence-electron chi connectivity index (χ1n) is 5.30. The van der Waals surface area contributed by atoms with E-state index >= 15 is 0 Å². The zero-order chi connectivity index (χ0) is 11.5. The molecular weight excluding hydrogens is 204 g/mol. The summed E-state index contributed by atoms with van der Waals surface area (Å²) in [6, 6.07) is 5.63. The number of aryl methyl sites for hydroxylation is 2. The highest BCUT2D eigenvalue weighted by Crippen LogP contribution is 2.22. The normalized spacial score (nSPS) is 12.9. The van der Waals surface area contributed by atoms with Gasteiger partial charge in [-0.2, -0.15) is 5.10 Å². The molecule has 0 bridgehead atoms. The van der Waals surface area contributed by atoms with Crippen LogP contribution in [0.3, 0.4) is 0 Å². The summed E-state index contributed by atoms with van der Waals surface area (Å²) in [6.07, 6.45) is 1.76. The van der Waals surface area contributed by atoms with Crippen LogP contribution in [0.4, 0.5) is 0 Å². The largest absolute Gasteiger partial charge is 0.464 e. The third-order valence-corrected chi connectivity index (χ3v) is 2.56. The van der Waals surface area contributed by atoms with E-state index in [1.807, 2.05) is 36.7 Å². The molecular formula is C11H16N4O. The van der Waals surface area contributed by atoms with Crippen molar-refractivity contribution < 1.29 is 4.42 Å². The molecule has 2 aromatic heterocycles. The maximum atomic E-state index is 5.58.